The maximum absolute atomic E-state index is 13.1. The van der Waals surface area contributed by atoms with E-state index < -0.39 is 22.4 Å². The second-order valence-electron chi connectivity index (χ2n) is 4.78. The van der Waals surface area contributed by atoms with E-state index in [0.717, 1.165) is 22.6 Å². The van der Waals surface area contributed by atoms with Crippen molar-refractivity contribution in [2.24, 2.45) is 0 Å². The highest BCUT2D eigenvalue weighted by Crippen LogP contribution is 2.15. The molecule has 2 rings (SSSR count). The van der Waals surface area contributed by atoms with Crippen LogP contribution in [0.2, 0.25) is 0 Å². The quantitative estimate of drug-likeness (QED) is 0.877. The van der Waals surface area contributed by atoms with Crippen molar-refractivity contribution in [3.05, 3.63) is 57.3 Å². The summed E-state index contributed by atoms with van der Waals surface area (Å²) in [7, 11) is -1.47. The molecule has 1 aromatic heterocycles. The number of nitrogens with one attached hydrogen (secondary N) is 1. The second kappa shape index (κ2) is 7.60. The van der Waals surface area contributed by atoms with Crippen molar-refractivity contribution in [2.75, 3.05) is 5.75 Å². The Balaban J connectivity index is 1.82. The summed E-state index contributed by atoms with van der Waals surface area (Å²) in [5, 5.41) is 4.65. The molecule has 1 aromatic carbocycles. The molecule has 1 atom stereocenters. The van der Waals surface area contributed by atoms with Crippen molar-refractivity contribution >= 4 is 28.0 Å². The van der Waals surface area contributed by atoms with Crippen LogP contribution >= 0.6 is 11.3 Å². The average Bonchev–Trinajstić information content (AvgIpc) is 2.86. The number of rotatable bonds is 6. The molecule has 7 heteroatoms. The van der Waals surface area contributed by atoms with Crippen LogP contribution in [0, 0.1) is 18.6 Å². The van der Waals surface area contributed by atoms with Gasteiger partial charge in [0, 0.05) is 21.4 Å². The molecule has 0 saturated carbocycles. The van der Waals surface area contributed by atoms with Crippen LogP contribution in [-0.2, 0) is 27.9 Å². The Bertz CT molecular complexity index is 701. The number of amides is 1. The van der Waals surface area contributed by atoms with Gasteiger partial charge in [0.15, 0.2) is 11.6 Å². The van der Waals surface area contributed by atoms with Gasteiger partial charge >= 0.3 is 0 Å². The Morgan fingerprint density at radius 1 is 1.27 bits per heavy atom. The Morgan fingerprint density at radius 3 is 2.68 bits per heavy atom. The van der Waals surface area contributed by atoms with Crippen molar-refractivity contribution < 1.29 is 17.8 Å². The molecular formula is C15H15F2NO2S2. The molecule has 0 fully saturated rings. The molecule has 1 N–H and O–H groups in total. The topological polar surface area (TPSA) is 46.2 Å². The first-order chi connectivity index (χ1) is 10.5. The summed E-state index contributed by atoms with van der Waals surface area (Å²) in [4.78, 5) is 12.8. The van der Waals surface area contributed by atoms with Gasteiger partial charge < -0.3 is 5.32 Å². The van der Waals surface area contributed by atoms with Crippen molar-refractivity contribution in [3.63, 3.8) is 0 Å². The third kappa shape index (κ3) is 4.71. The van der Waals surface area contributed by atoms with E-state index in [-0.39, 0.29) is 17.4 Å². The standard InChI is InChI=1S/C15H15F2NO2S2/c1-10-4-5-21-14(10)7-18-15(19)9-22(20)8-11-2-3-12(16)13(17)6-11/h2-6H,7-9H2,1H3,(H,18,19). The van der Waals surface area contributed by atoms with Gasteiger partial charge in [-0.25, -0.2) is 8.78 Å². The molecule has 118 valence electrons. The van der Waals surface area contributed by atoms with Gasteiger partial charge in [-0.2, -0.15) is 0 Å². The zero-order chi connectivity index (χ0) is 16.1. The molecular weight excluding hydrogens is 328 g/mol. The van der Waals surface area contributed by atoms with E-state index in [9.17, 15) is 17.8 Å². The Labute approximate surface area is 133 Å². The monoisotopic (exact) mass is 343 g/mol. The second-order valence-corrected chi connectivity index (χ2v) is 7.24. The fraction of sp³-hybridized carbons (Fsp3) is 0.267. The lowest BCUT2D eigenvalue weighted by molar-refractivity contribution is -0.118. The van der Waals surface area contributed by atoms with Gasteiger partial charge in [-0.15, -0.1) is 11.3 Å². The summed E-state index contributed by atoms with van der Waals surface area (Å²) in [6.07, 6.45) is 0. The number of carbonyl (C=O) groups excluding carboxylic acids is 1. The average molecular weight is 343 g/mol. The van der Waals surface area contributed by atoms with Gasteiger partial charge in [0.1, 0.15) is 5.75 Å². The molecule has 2 aromatic rings. The number of thiophene rings is 1. The predicted octanol–water partition coefficient (Wildman–Crippen LogP) is 2.90. The van der Waals surface area contributed by atoms with Crippen LogP contribution in [0.5, 0.6) is 0 Å². The predicted molar refractivity (Wildman–Crippen MR) is 84.0 cm³/mol. The largest absolute Gasteiger partial charge is 0.350 e. The van der Waals surface area contributed by atoms with E-state index in [4.69, 9.17) is 0 Å². The van der Waals surface area contributed by atoms with Gasteiger partial charge in [0.2, 0.25) is 5.91 Å². The molecule has 1 amide bonds. The fourth-order valence-electron chi connectivity index (χ4n) is 1.83. The van der Waals surface area contributed by atoms with Gasteiger partial charge in [-0.05, 0) is 41.6 Å². The fourth-order valence-corrected chi connectivity index (χ4v) is 3.72. The number of carbonyl (C=O) groups is 1. The lowest BCUT2D eigenvalue weighted by atomic mass is 10.2. The van der Waals surface area contributed by atoms with Gasteiger partial charge in [0.05, 0.1) is 6.54 Å². The van der Waals surface area contributed by atoms with E-state index >= 15 is 0 Å². The van der Waals surface area contributed by atoms with E-state index in [1.54, 1.807) is 11.3 Å². The van der Waals surface area contributed by atoms with Crippen LogP contribution in [0.1, 0.15) is 16.0 Å². The van der Waals surface area contributed by atoms with E-state index in [1.807, 2.05) is 18.4 Å². The first-order valence-electron chi connectivity index (χ1n) is 6.54. The molecule has 0 radical (unpaired) electrons. The van der Waals surface area contributed by atoms with Crippen LogP contribution in [0.25, 0.3) is 0 Å². The zero-order valence-corrected chi connectivity index (χ0v) is 13.5. The molecule has 0 aliphatic carbocycles. The Morgan fingerprint density at radius 2 is 2.05 bits per heavy atom. The summed E-state index contributed by atoms with van der Waals surface area (Å²) in [5.41, 5.74) is 1.51. The molecule has 1 unspecified atom stereocenters. The van der Waals surface area contributed by atoms with Crippen molar-refractivity contribution in [2.45, 2.75) is 19.2 Å². The van der Waals surface area contributed by atoms with Gasteiger partial charge in [-0.1, -0.05) is 6.07 Å². The van der Waals surface area contributed by atoms with Crippen molar-refractivity contribution in [3.8, 4) is 0 Å². The third-order valence-electron chi connectivity index (χ3n) is 3.02. The van der Waals surface area contributed by atoms with Crippen LogP contribution in [0.4, 0.5) is 8.78 Å². The molecule has 1 heterocycles. The van der Waals surface area contributed by atoms with Gasteiger partial charge in [-0.3, -0.25) is 9.00 Å². The first kappa shape index (κ1) is 16.8. The smallest absolute Gasteiger partial charge is 0.232 e. The minimum absolute atomic E-state index is 0.0165. The van der Waals surface area contributed by atoms with Crippen LogP contribution in [-0.4, -0.2) is 15.9 Å². The molecule has 3 nitrogen and oxygen atoms in total. The highest BCUT2D eigenvalue weighted by molar-refractivity contribution is 7.84. The minimum Gasteiger partial charge on any atom is -0.350 e. The summed E-state index contributed by atoms with van der Waals surface area (Å²) in [5.74, 6) is -2.40. The summed E-state index contributed by atoms with van der Waals surface area (Å²) >= 11 is 1.55. The van der Waals surface area contributed by atoms with Crippen LogP contribution < -0.4 is 5.32 Å². The van der Waals surface area contributed by atoms with Crippen LogP contribution in [0.15, 0.2) is 29.6 Å². The molecule has 0 aliphatic heterocycles. The maximum Gasteiger partial charge on any atom is 0.232 e. The number of aryl methyl sites for hydroxylation is 1. The lowest BCUT2D eigenvalue weighted by Gasteiger charge is -2.06. The molecule has 0 aliphatic rings. The normalized spacial score (nSPS) is 12.1. The lowest BCUT2D eigenvalue weighted by Crippen LogP contribution is -2.28. The maximum atomic E-state index is 13.1. The number of hydrogen-bond donors (Lipinski definition) is 1. The highest BCUT2D eigenvalue weighted by atomic mass is 32.2. The van der Waals surface area contributed by atoms with E-state index in [0.29, 0.717) is 12.1 Å². The van der Waals surface area contributed by atoms with Crippen molar-refractivity contribution in [1.82, 2.24) is 5.32 Å². The number of hydrogen-bond acceptors (Lipinski definition) is 3. The molecule has 22 heavy (non-hydrogen) atoms. The zero-order valence-electron chi connectivity index (χ0n) is 11.9. The van der Waals surface area contributed by atoms with E-state index in [1.165, 1.54) is 6.07 Å². The van der Waals surface area contributed by atoms with Gasteiger partial charge in [0.25, 0.3) is 0 Å². The summed E-state index contributed by atoms with van der Waals surface area (Å²) in [6, 6.07) is 5.32. The minimum atomic E-state index is -1.47. The van der Waals surface area contributed by atoms with Crippen LogP contribution in [0.3, 0.4) is 0 Å². The Kier molecular flexibility index (Phi) is 5.79. The summed E-state index contributed by atoms with van der Waals surface area (Å²) < 4.78 is 37.7. The Hall–Kier alpha value is -1.60. The molecule has 0 spiro atoms. The highest BCUT2D eigenvalue weighted by Gasteiger charge is 2.11. The summed E-state index contributed by atoms with van der Waals surface area (Å²) in [6.45, 7) is 2.37. The number of benzene rings is 1. The third-order valence-corrected chi connectivity index (χ3v) is 5.28. The molecule has 0 saturated heterocycles. The SMILES string of the molecule is Cc1ccsc1CNC(=O)CS(=O)Cc1ccc(F)c(F)c1. The van der Waals surface area contributed by atoms with E-state index in [2.05, 4.69) is 5.32 Å². The molecule has 0 bridgehead atoms. The number of halogens is 2. The van der Waals surface area contributed by atoms with Crippen molar-refractivity contribution in [1.29, 1.82) is 0 Å². The first-order valence-corrected chi connectivity index (χ1v) is 8.91.